The normalized spacial score (nSPS) is 36.7. The van der Waals surface area contributed by atoms with Gasteiger partial charge in [-0.05, 0) is 38.3 Å². The summed E-state index contributed by atoms with van der Waals surface area (Å²) in [4.78, 5) is 2.74. The summed E-state index contributed by atoms with van der Waals surface area (Å²) in [5, 5.41) is 4.65. The summed E-state index contributed by atoms with van der Waals surface area (Å²) in [5.74, 6) is 5.12. The molecule has 17 heavy (non-hydrogen) atoms. The zero-order valence-corrected chi connectivity index (χ0v) is 12.2. The molecule has 0 radical (unpaired) electrons. The topological polar surface area (TPSA) is 15.3 Å². The number of nitrogens with zero attached hydrogens (tertiary/aromatic N) is 1. The molecule has 1 aliphatic carbocycles. The second-order valence-corrected chi connectivity index (χ2v) is 8.14. The van der Waals surface area contributed by atoms with E-state index in [1.165, 1.54) is 62.7 Å². The van der Waals surface area contributed by atoms with Gasteiger partial charge in [0.25, 0.3) is 0 Å². The van der Waals surface area contributed by atoms with E-state index in [2.05, 4.69) is 33.7 Å². The van der Waals surface area contributed by atoms with Crippen LogP contribution in [0.3, 0.4) is 0 Å². The molecule has 2 nitrogen and oxygen atoms in total. The second-order valence-electron chi connectivity index (χ2n) is 5.58. The van der Waals surface area contributed by atoms with Gasteiger partial charge in [0.15, 0.2) is 0 Å². The van der Waals surface area contributed by atoms with Gasteiger partial charge in [-0.1, -0.05) is 0 Å². The van der Waals surface area contributed by atoms with E-state index in [4.69, 9.17) is 0 Å². The van der Waals surface area contributed by atoms with Crippen molar-refractivity contribution >= 4 is 23.5 Å². The summed E-state index contributed by atoms with van der Waals surface area (Å²) in [5.41, 5.74) is 0. The van der Waals surface area contributed by atoms with Crippen molar-refractivity contribution in [2.24, 2.45) is 5.92 Å². The van der Waals surface area contributed by atoms with E-state index in [1.54, 1.807) is 0 Å². The molecule has 0 spiro atoms. The summed E-state index contributed by atoms with van der Waals surface area (Å²) in [7, 11) is 0. The fourth-order valence-electron chi connectivity index (χ4n) is 2.93. The highest BCUT2D eigenvalue weighted by Gasteiger charge is 2.33. The Hall–Kier alpha value is 0.620. The van der Waals surface area contributed by atoms with Gasteiger partial charge < -0.3 is 10.2 Å². The van der Waals surface area contributed by atoms with Crippen LogP contribution in [0.5, 0.6) is 0 Å². The Morgan fingerprint density at radius 2 is 2.18 bits per heavy atom. The van der Waals surface area contributed by atoms with E-state index in [-0.39, 0.29) is 0 Å². The van der Waals surface area contributed by atoms with Crippen LogP contribution in [-0.2, 0) is 0 Å². The lowest BCUT2D eigenvalue weighted by molar-refractivity contribution is 0.262. The van der Waals surface area contributed by atoms with E-state index in [0.29, 0.717) is 0 Å². The van der Waals surface area contributed by atoms with Crippen LogP contribution < -0.4 is 5.32 Å². The summed E-state index contributed by atoms with van der Waals surface area (Å²) < 4.78 is 0. The minimum absolute atomic E-state index is 0.804. The van der Waals surface area contributed by atoms with Gasteiger partial charge in [0.2, 0.25) is 0 Å². The van der Waals surface area contributed by atoms with Crippen LogP contribution in [0.1, 0.15) is 19.3 Å². The molecule has 2 unspecified atom stereocenters. The van der Waals surface area contributed by atoms with E-state index in [9.17, 15) is 0 Å². The minimum Gasteiger partial charge on any atom is -0.312 e. The molecule has 3 aliphatic rings. The van der Waals surface area contributed by atoms with Crippen molar-refractivity contribution in [1.29, 1.82) is 0 Å². The summed E-state index contributed by atoms with van der Waals surface area (Å²) in [6.45, 7) is 5.21. The fraction of sp³-hybridized carbons (Fsp3) is 1.00. The third kappa shape index (κ3) is 3.79. The van der Waals surface area contributed by atoms with Crippen LogP contribution in [0.2, 0.25) is 0 Å². The third-order valence-corrected chi connectivity index (χ3v) is 6.88. The smallest absolute Gasteiger partial charge is 0.0265 e. The van der Waals surface area contributed by atoms with E-state index < -0.39 is 0 Å². The molecule has 2 saturated heterocycles. The standard InChI is InChI=1S/C13H24N2S2/c1-4-14-13(11-2-3-11)9-15(5-1)8-12-10-16-6-7-17-12/h11-14H,1-10H2. The zero-order valence-electron chi connectivity index (χ0n) is 10.6. The molecule has 2 aliphatic heterocycles. The third-order valence-electron chi connectivity index (χ3n) is 4.05. The number of hydrogen-bond acceptors (Lipinski definition) is 4. The second kappa shape index (κ2) is 6.18. The molecule has 0 aromatic rings. The Morgan fingerprint density at radius 1 is 1.24 bits per heavy atom. The van der Waals surface area contributed by atoms with Gasteiger partial charge in [-0.2, -0.15) is 23.5 Å². The molecule has 2 heterocycles. The molecule has 4 heteroatoms. The Kier molecular flexibility index (Phi) is 4.59. The minimum atomic E-state index is 0.804. The van der Waals surface area contributed by atoms with Gasteiger partial charge >= 0.3 is 0 Å². The summed E-state index contributed by atoms with van der Waals surface area (Å²) >= 11 is 4.36. The van der Waals surface area contributed by atoms with Crippen LogP contribution in [-0.4, -0.2) is 59.6 Å². The van der Waals surface area contributed by atoms with Crippen molar-refractivity contribution in [3.63, 3.8) is 0 Å². The van der Waals surface area contributed by atoms with Crippen molar-refractivity contribution in [2.45, 2.75) is 30.6 Å². The first-order chi connectivity index (χ1) is 8.42. The highest BCUT2D eigenvalue weighted by Crippen LogP contribution is 2.34. The molecule has 0 bridgehead atoms. The van der Waals surface area contributed by atoms with Crippen molar-refractivity contribution in [2.75, 3.05) is 43.4 Å². The molecule has 0 amide bonds. The Balaban J connectivity index is 1.49. The van der Waals surface area contributed by atoms with Crippen molar-refractivity contribution < 1.29 is 0 Å². The molecular formula is C13H24N2S2. The number of thioether (sulfide) groups is 2. The summed E-state index contributed by atoms with van der Waals surface area (Å²) in [6.07, 6.45) is 4.28. The van der Waals surface area contributed by atoms with Crippen LogP contribution in [0.4, 0.5) is 0 Å². The maximum Gasteiger partial charge on any atom is 0.0265 e. The molecule has 0 aromatic carbocycles. The number of rotatable bonds is 3. The molecule has 2 atom stereocenters. The van der Waals surface area contributed by atoms with E-state index >= 15 is 0 Å². The lowest BCUT2D eigenvalue weighted by Crippen LogP contribution is -2.42. The molecule has 3 fully saturated rings. The first-order valence-electron chi connectivity index (χ1n) is 7.07. The predicted octanol–water partition coefficient (Wildman–Crippen LogP) is 1.91. The van der Waals surface area contributed by atoms with Gasteiger partial charge in [0.05, 0.1) is 0 Å². The lowest BCUT2D eigenvalue weighted by atomic mass is 10.2. The van der Waals surface area contributed by atoms with Gasteiger partial charge in [0, 0.05) is 41.6 Å². The first kappa shape index (κ1) is 12.6. The summed E-state index contributed by atoms with van der Waals surface area (Å²) in [6, 6.07) is 0.804. The SMILES string of the molecule is C1CNC(C2CC2)CN(CC2CSCCS2)C1. The maximum absolute atomic E-state index is 3.76. The van der Waals surface area contributed by atoms with Crippen molar-refractivity contribution in [3.05, 3.63) is 0 Å². The van der Waals surface area contributed by atoms with E-state index in [0.717, 1.165) is 17.2 Å². The highest BCUT2D eigenvalue weighted by atomic mass is 32.2. The van der Waals surface area contributed by atoms with Crippen molar-refractivity contribution in [3.8, 4) is 0 Å². The quantitative estimate of drug-likeness (QED) is 0.844. The molecule has 0 aromatic heterocycles. The monoisotopic (exact) mass is 272 g/mol. The number of nitrogens with one attached hydrogen (secondary N) is 1. The van der Waals surface area contributed by atoms with Crippen LogP contribution >= 0.6 is 23.5 Å². The van der Waals surface area contributed by atoms with Gasteiger partial charge in [0.1, 0.15) is 0 Å². The van der Waals surface area contributed by atoms with Crippen molar-refractivity contribution in [1.82, 2.24) is 10.2 Å². The van der Waals surface area contributed by atoms with Gasteiger partial charge in [-0.15, -0.1) is 0 Å². The average Bonchev–Trinajstić information content (AvgIpc) is 3.16. The van der Waals surface area contributed by atoms with Crippen LogP contribution in [0.25, 0.3) is 0 Å². The lowest BCUT2D eigenvalue weighted by Gasteiger charge is -2.30. The molecule has 1 N–H and O–H groups in total. The molecule has 3 rings (SSSR count). The van der Waals surface area contributed by atoms with Crippen LogP contribution in [0.15, 0.2) is 0 Å². The Morgan fingerprint density at radius 3 is 2.94 bits per heavy atom. The maximum atomic E-state index is 3.76. The van der Waals surface area contributed by atoms with Gasteiger partial charge in [-0.3, -0.25) is 0 Å². The Labute approximate surface area is 114 Å². The number of hydrogen-bond donors (Lipinski definition) is 1. The Bertz CT molecular complexity index is 240. The van der Waals surface area contributed by atoms with Gasteiger partial charge in [-0.25, -0.2) is 0 Å². The molecular weight excluding hydrogens is 248 g/mol. The highest BCUT2D eigenvalue weighted by molar-refractivity contribution is 8.06. The largest absolute Gasteiger partial charge is 0.312 e. The molecule has 98 valence electrons. The zero-order chi connectivity index (χ0) is 11.5. The fourth-order valence-corrected chi connectivity index (χ4v) is 5.65. The predicted molar refractivity (Wildman–Crippen MR) is 79.1 cm³/mol. The molecule has 1 saturated carbocycles. The first-order valence-corrected chi connectivity index (χ1v) is 9.27. The average molecular weight is 272 g/mol. The van der Waals surface area contributed by atoms with E-state index in [1.807, 2.05) is 0 Å². The van der Waals surface area contributed by atoms with Crippen LogP contribution in [0, 0.1) is 5.92 Å².